The van der Waals surface area contributed by atoms with E-state index < -0.39 is 0 Å². The summed E-state index contributed by atoms with van der Waals surface area (Å²) in [4.78, 5) is 19.9. The number of aromatic nitrogens is 2. The number of pyridine rings is 1. The lowest BCUT2D eigenvalue weighted by Crippen LogP contribution is -2.33. The van der Waals surface area contributed by atoms with E-state index in [0.717, 1.165) is 49.6 Å². The number of hydrogen-bond donors (Lipinski definition) is 2. The number of amides is 1. The van der Waals surface area contributed by atoms with E-state index in [1.54, 1.807) is 0 Å². The maximum absolute atomic E-state index is 13.1. The number of rotatable bonds is 7. The largest absolute Gasteiger partial charge is 0.352 e. The zero-order valence-electron chi connectivity index (χ0n) is 22.5. The first kappa shape index (κ1) is 27.1. The smallest absolute Gasteiger partial charge is 0.226 e. The highest BCUT2D eigenvalue weighted by atomic mass is 79.9. The monoisotopic (exact) mass is 601 g/mol. The van der Waals surface area contributed by atoms with Gasteiger partial charge in [-0.05, 0) is 99.1 Å². The third-order valence-electron chi connectivity index (χ3n) is 7.30. The first-order valence-electron chi connectivity index (χ1n) is 13.0. The Morgan fingerprint density at radius 1 is 1.05 bits per heavy atom. The molecule has 2 N–H and O–H groups in total. The third kappa shape index (κ3) is 5.63. The second-order valence-corrected chi connectivity index (χ2v) is 11.4. The summed E-state index contributed by atoms with van der Waals surface area (Å²) in [6, 6.07) is 22.3. The van der Waals surface area contributed by atoms with Gasteiger partial charge in [-0.2, -0.15) is 0 Å². The predicted octanol–water partition coefficient (Wildman–Crippen LogP) is 6.87. The number of nitrogens with zero attached hydrogens (tertiary/aromatic N) is 3. The standard InChI is InChI=1S/C31H32BrN5OS/c1-19-11-12-20(2)27(16-19)34-28(38)13-15-36-30(29(35-31(36)39)26-10-5-6-14-33-26)25-17-21(3)37(22(25)4)24-9-7-8-23(32)18-24/h5-12,14,16-18,29-30H,13,15H2,1-4H3,(H,34,38)(H,35,39)/t29-,30-/m1/s1. The van der Waals surface area contributed by atoms with Gasteiger partial charge in [-0.15, -0.1) is 0 Å². The molecular formula is C31H32BrN5OS. The Morgan fingerprint density at radius 2 is 1.87 bits per heavy atom. The SMILES string of the molecule is Cc1ccc(C)c(NC(=O)CCN2C(=S)N[C@H](c3ccccn3)[C@H]2c2cc(C)n(-c3cccc(Br)c3)c2C)c1. The molecule has 1 saturated heterocycles. The normalized spacial score (nSPS) is 16.8. The number of benzene rings is 2. The van der Waals surface area contributed by atoms with E-state index in [1.165, 1.54) is 0 Å². The van der Waals surface area contributed by atoms with Crippen LogP contribution in [0.5, 0.6) is 0 Å². The van der Waals surface area contributed by atoms with Crippen LogP contribution >= 0.6 is 28.1 Å². The van der Waals surface area contributed by atoms with Crippen LogP contribution < -0.4 is 10.6 Å². The summed E-state index contributed by atoms with van der Waals surface area (Å²) in [5.41, 5.74) is 8.43. The van der Waals surface area contributed by atoms with Crippen molar-refractivity contribution in [3.63, 3.8) is 0 Å². The van der Waals surface area contributed by atoms with E-state index in [2.05, 4.69) is 73.1 Å². The van der Waals surface area contributed by atoms with E-state index >= 15 is 0 Å². The molecule has 0 aliphatic carbocycles. The molecule has 1 amide bonds. The number of carbonyl (C=O) groups excluding carboxylic acids is 1. The fourth-order valence-electron chi connectivity index (χ4n) is 5.39. The molecule has 2 aromatic carbocycles. The molecule has 0 spiro atoms. The molecule has 39 heavy (non-hydrogen) atoms. The molecule has 200 valence electrons. The molecule has 3 heterocycles. The number of thiocarbonyl (C=S) groups is 1. The molecule has 5 rings (SSSR count). The Bertz CT molecular complexity index is 1530. The lowest BCUT2D eigenvalue weighted by atomic mass is 9.96. The molecule has 1 aliphatic rings. The summed E-state index contributed by atoms with van der Waals surface area (Å²) >= 11 is 9.46. The number of carbonyl (C=O) groups is 1. The molecule has 1 aliphatic heterocycles. The van der Waals surface area contributed by atoms with Crippen molar-refractivity contribution >= 4 is 44.9 Å². The summed E-state index contributed by atoms with van der Waals surface area (Å²) in [6.45, 7) is 8.78. The van der Waals surface area contributed by atoms with Crippen LogP contribution in [0.1, 0.15) is 52.3 Å². The van der Waals surface area contributed by atoms with Crippen LogP contribution in [-0.4, -0.2) is 32.0 Å². The van der Waals surface area contributed by atoms with Crippen molar-refractivity contribution in [2.45, 2.75) is 46.2 Å². The summed E-state index contributed by atoms with van der Waals surface area (Å²) < 4.78 is 3.29. The lowest BCUT2D eigenvalue weighted by molar-refractivity contribution is -0.116. The Balaban J connectivity index is 1.47. The number of hydrogen-bond acceptors (Lipinski definition) is 3. The molecule has 0 radical (unpaired) electrons. The molecule has 4 aromatic rings. The van der Waals surface area contributed by atoms with Crippen LogP contribution in [0.2, 0.25) is 0 Å². The predicted molar refractivity (Wildman–Crippen MR) is 164 cm³/mol. The summed E-state index contributed by atoms with van der Waals surface area (Å²) in [6.07, 6.45) is 2.12. The van der Waals surface area contributed by atoms with Crippen LogP contribution in [0.15, 0.2) is 77.4 Å². The highest BCUT2D eigenvalue weighted by molar-refractivity contribution is 9.10. The van der Waals surface area contributed by atoms with Crippen molar-refractivity contribution in [1.29, 1.82) is 0 Å². The van der Waals surface area contributed by atoms with Crippen LogP contribution in [0, 0.1) is 27.7 Å². The van der Waals surface area contributed by atoms with Gasteiger partial charge in [-0.25, -0.2) is 0 Å². The molecule has 0 unspecified atom stereocenters. The lowest BCUT2D eigenvalue weighted by Gasteiger charge is -2.28. The maximum Gasteiger partial charge on any atom is 0.226 e. The van der Waals surface area contributed by atoms with Gasteiger partial charge in [0.1, 0.15) is 0 Å². The van der Waals surface area contributed by atoms with Crippen LogP contribution in [0.3, 0.4) is 0 Å². The van der Waals surface area contributed by atoms with Crippen molar-refractivity contribution in [1.82, 2.24) is 19.8 Å². The minimum absolute atomic E-state index is 0.0360. The average Bonchev–Trinajstić information content (AvgIpc) is 3.39. The van der Waals surface area contributed by atoms with Crippen molar-refractivity contribution < 1.29 is 4.79 Å². The van der Waals surface area contributed by atoms with Gasteiger partial charge in [0.05, 0.1) is 17.8 Å². The Hall–Kier alpha value is -3.49. The van der Waals surface area contributed by atoms with E-state index in [1.807, 2.05) is 68.6 Å². The first-order valence-corrected chi connectivity index (χ1v) is 14.2. The van der Waals surface area contributed by atoms with Gasteiger partial charge in [0.25, 0.3) is 0 Å². The minimum Gasteiger partial charge on any atom is -0.352 e. The zero-order valence-corrected chi connectivity index (χ0v) is 24.9. The molecule has 1 fully saturated rings. The van der Waals surface area contributed by atoms with E-state index in [-0.39, 0.29) is 18.0 Å². The first-order chi connectivity index (χ1) is 18.7. The summed E-state index contributed by atoms with van der Waals surface area (Å²) in [5.74, 6) is -0.0360. The second-order valence-electron chi connectivity index (χ2n) is 10.1. The van der Waals surface area contributed by atoms with Crippen molar-refractivity contribution in [3.05, 3.63) is 111 Å². The third-order valence-corrected chi connectivity index (χ3v) is 8.15. The van der Waals surface area contributed by atoms with E-state index in [0.29, 0.717) is 18.1 Å². The highest BCUT2D eigenvalue weighted by Crippen LogP contribution is 2.41. The highest BCUT2D eigenvalue weighted by Gasteiger charge is 2.41. The van der Waals surface area contributed by atoms with Gasteiger partial charge in [-0.3, -0.25) is 9.78 Å². The van der Waals surface area contributed by atoms with Crippen molar-refractivity contribution in [3.8, 4) is 5.69 Å². The quantitative estimate of drug-likeness (QED) is 0.226. The summed E-state index contributed by atoms with van der Waals surface area (Å²) in [5, 5.41) is 7.23. The Labute approximate surface area is 243 Å². The number of aryl methyl sites for hydroxylation is 3. The number of anilines is 1. The molecule has 8 heteroatoms. The molecule has 2 aromatic heterocycles. The molecular weight excluding hydrogens is 570 g/mol. The minimum atomic E-state index is -0.141. The molecule has 6 nitrogen and oxygen atoms in total. The van der Waals surface area contributed by atoms with Gasteiger partial charge in [0.15, 0.2) is 5.11 Å². The summed E-state index contributed by atoms with van der Waals surface area (Å²) in [7, 11) is 0. The van der Waals surface area contributed by atoms with Crippen LogP contribution in [0.25, 0.3) is 5.69 Å². The Morgan fingerprint density at radius 3 is 2.62 bits per heavy atom. The average molecular weight is 603 g/mol. The van der Waals surface area contributed by atoms with E-state index in [4.69, 9.17) is 12.2 Å². The van der Waals surface area contributed by atoms with Crippen molar-refractivity contribution in [2.75, 3.05) is 11.9 Å². The van der Waals surface area contributed by atoms with Crippen LogP contribution in [-0.2, 0) is 4.79 Å². The molecule has 0 saturated carbocycles. The van der Waals surface area contributed by atoms with Gasteiger partial charge in [0.2, 0.25) is 5.91 Å². The molecule has 2 atom stereocenters. The van der Waals surface area contributed by atoms with Gasteiger partial charge in [-0.1, -0.05) is 40.2 Å². The molecule has 0 bridgehead atoms. The van der Waals surface area contributed by atoms with E-state index in [9.17, 15) is 4.79 Å². The maximum atomic E-state index is 13.1. The topological polar surface area (TPSA) is 62.2 Å². The fraction of sp³-hybridized carbons (Fsp3) is 0.258. The number of halogens is 1. The Kier molecular flexibility index (Phi) is 7.86. The van der Waals surface area contributed by atoms with Gasteiger partial charge in [0, 0.05) is 46.4 Å². The van der Waals surface area contributed by atoms with Gasteiger partial charge >= 0.3 is 0 Å². The van der Waals surface area contributed by atoms with Gasteiger partial charge < -0.3 is 20.1 Å². The number of nitrogens with one attached hydrogen (secondary N) is 2. The zero-order chi connectivity index (χ0) is 27.7. The van der Waals surface area contributed by atoms with Crippen LogP contribution in [0.4, 0.5) is 5.69 Å². The fourth-order valence-corrected chi connectivity index (χ4v) is 6.11. The van der Waals surface area contributed by atoms with Crippen molar-refractivity contribution in [2.24, 2.45) is 0 Å². The second kappa shape index (κ2) is 11.3.